The molecule has 0 saturated carbocycles. The molecule has 31 heavy (non-hydrogen) atoms. The molecule has 1 atom stereocenters. The molecule has 1 aromatic heterocycles. The van der Waals surface area contributed by atoms with Crippen LogP contribution in [-0.2, 0) is 0 Å². The number of fused-ring (bicyclic) bond motifs is 1. The number of amides is 1. The van der Waals surface area contributed by atoms with Crippen LogP contribution in [0.1, 0.15) is 34.6 Å². The highest BCUT2D eigenvalue weighted by Crippen LogP contribution is 2.45. The number of nitrogens with one attached hydrogen (secondary N) is 1. The molecule has 5 nitrogen and oxygen atoms in total. The molecule has 0 saturated heterocycles. The van der Waals surface area contributed by atoms with E-state index in [9.17, 15) is 9.18 Å². The van der Waals surface area contributed by atoms with Gasteiger partial charge in [0, 0.05) is 16.8 Å². The molecule has 0 unspecified atom stereocenters. The molecule has 0 fully saturated rings. The minimum atomic E-state index is -0.376. The summed E-state index contributed by atoms with van der Waals surface area (Å²) in [6.07, 6.45) is 0. The molecule has 6 heteroatoms. The molecule has 4 aromatic rings. The van der Waals surface area contributed by atoms with Crippen LogP contribution < -0.4 is 9.64 Å². The average Bonchev–Trinajstić information content (AvgIpc) is 3.35. The summed E-state index contributed by atoms with van der Waals surface area (Å²) in [6, 6.07) is 23.1. The van der Waals surface area contributed by atoms with Crippen molar-refractivity contribution in [3.8, 4) is 17.0 Å². The monoisotopic (exact) mass is 413 g/mol. The van der Waals surface area contributed by atoms with Crippen molar-refractivity contribution in [3.05, 3.63) is 102 Å². The Morgan fingerprint density at radius 1 is 1.00 bits per heavy atom. The fourth-order valence-electron chi connectivity index (χ4n) is 4.06. The van der Waals surface area contributed by atoms with E-state index in [4.69, 9.17) is 4.74 Å². The molecule has 5 rings (SSSR count). The molecule has 2 heterocycles. The SMILES string of the molecule is CCOc1ccc([C@@H]2c3c(-c4ccc(F)cc4)n[nH]c3C(=O)N2c2ccccc2)cc1. The van der Waals surface area contributed by atoms with Crippen molar-refractivity contribution in [1.29, 1.82) is 0 Å². The van der Waals surface area contributed by atoms with E-state index in [1.165, 1.54) is 12.1 Å². The Hall–Kier alpha value is -3.93. The smallest absolute Gasteiger partial charge is 0.277 e. The molecular formula is C25H20FN3O2. The molecule has 0 radical (unpaired) electrons. The normalized spacial score (nSPS) is 15.2. The molecule has 0 bridgehead atoms. The zero-order valence-electron chi connectivity index (χ0n) is 16.9. The Bertz CT molecular complexity index is 1220. The third kappa shape index (κ3) is 3.26. The summed E-state index contributed by atoms with van der Waals surface area (Å²) >= 11 is 0. The second-order valence-electron chi connectivity index (χ2n) is 7.28. The number of aromatic amines is 1. The zero-order valence-corrected chi connectivity index (χ0v) is 16.9. The van der Waals surface area contributed by atoms with Gasteiger partial charge in [-0.15, -0.1) is 0 Å². The fourth-order valence-corrected chi connectivity index (χ4v) is 4.06. The predicted molar refractivity (Wildman–Crippen MR) is 117 cm³/mol. The van der Waals surface area contributed by atoms with E-state index in [1.54, 1.807) is 17.0 Å². The molecule has 154 valence electrons. The number of nitrogens with zero attached hydrogens (tertiary/aromatic N) is 2. The Balaban J connectivity index is 1.67. The van der Waals surface area contributed by atoms with Gasteiger partial charge in [0.25, 0.3) is 5.91 Å². The lowest BCUT2D eigenvalue weighted by molar-refractivity contribution is 0.0989. The van der Waals surface area contributed by atoms with Crippen LogP contribution in [-0.4, -0.2) is 22.7 Å². The van der Waals surface area contributed by atoms with Gasteiger partial charge in [0.05, 0.1) is 18.3 Å². The third-order valence-corrected chi connectivity index (χ3v) is 5.43. The maximum Gasteiger partial charge on any atom is 0.277 e. The van der Waals surface area contributed by atoms with Gasteiger partial charge in [-0.25, -0.2) is 4.39 Å². The van der Waals surface area contributed by atoms with E-state index in [1.807, 2.05) is 61.5 Å². The summed E-state index contributed by atoms with van der Waals surface area (Å²) in [5.74, 6) is 0.301. The van der Waals surface area contributed by atoms with Crippen molar-refractivity contribution >= 4 is 11.6 Å². The average molecular weight is 413 g/mol. The molecule has 1 aliphatic heterocycles. The van der Waals surface area contributed by atoms with Crippen molar-refractivity contribution in [3.63, 3.8) is 0 Å². The topological polar surface area (TPSA) is 58.2 Å². The highest BCUT2D eigenvalue weighted by Gasteiger charge is 2.43. The minimum absolute atomic E-state index is 0.152. The molecule has 3 aromatic carbocycles. The number of benzene rings is 3. The van der Waals surface area contributed by atoms with Gasteiger partial charge in [0.1, 0.15) is 17.3 Å². The quantitative estimate of drug-likeness (QED) is 0.479. The Labute approximate surface area is 179 Å². The highest BCUT2D eigenvalue weighted by molar-refractivity contribution is 6.11. The van der Waals surface area contributed by atoms with Crippen LogP contribution in [0.4, 0.5) is 10.1 Å². The van der Waals surface area contributed by atoms with E-state index >= 15 is 0 Å². The van der Waals surface area contributed by atoms with Gasteiger partial charge in [-0.05, 0) is 61.0 Å². The largest absolute Gasteiger partial charge is 0.494 e. The van der Waals surface area contributed by atoms with Gasteiger partial charge >= 0.3 is 0 Å². The van der Waals surface area contributed by atoms with Crippen molar-refractivity contribution in [1.82, 2.24) is 10.2 Å². The lowest BCUT2D eigenvalue weighted by atomic mass is 9.95. The summed E-state index contributed by atoms with van der Waals surface area (Å²) in [6.45, 7) is 2.52. The Kier molecular flexibility index (Phi) is 4.75. The van der Waals surface area contributed by atoms with Crippen LogP contribution in [0.25, 0.3) is 11.3 Å². The number of aromatic nitrogens is 2. The Morgan fingerprint density at radius 2 is 1.71 bits per heavy atom. The van der Waals surface area contributed by atoms with Gasteiger partial charge < -0.3 is 4.74 Å². The third-order valence-electron chi connectivity index (χ3n) is 5.43. The van der Waals surface area contributed by atoms with Crippen LogP contribution in [0.5, 0.6) is 5.75 Å². The predicted octanol–water partition coefficient (Wildman–Crippen LogP) is 5.36. The highest BCUT2D eigenvalue weighted by atomic mass is 19.1. The first kappa shape index (κ1) is 19.1. The van der Waals surface area contributed by atoms with E-state index in [0.29, 0.717) is 18.0 Å². The number of anilines is 1. The number of rotatable bonds is 5. The van der Waals surface area contributed by atoms with Gasteiger partial charge in [-0.2, -0.15) is 5.10 Å². The van der Waals surface area contributed by atoms with Crippen LogP contribution >= 0.6 is 0 Å². The standard InChI is InChI=1S/C25H20FN3O2/c1-2-31-20-14-10-17(11-15-20)24-21-22(16-8-12-18(26)13-9-16)27-28-23(21)25(30)29(24)19-6-4-3-5-7-19/h3-15,24H,2H2,1H3,(H,27,28)/t24-/m1/s1. The molecule has 0 spiro atoms. The molecule has 0 aliphatic carbocycles. The number of H-pyrrole nitrogens is 1. The number of ether oxygens (including phenoxy) is 1. The van der Waals surface area contributed by atoms with E-state index in [-0.39, 0.29) is 17.8 Å². The molecule has 1 N–H and O–H groups in total. The summed E-state index contributed by atoms with van der Waals surface area (Å²) in [4.78, 5) is 15.2. The van der Waals surface area contributed by atoms with Crippen LogP contribution in [0.2, 0.25) is 0 Å². The van der Waals surface area contributed by atoms with E-state index in [2.05, 4.69) is 10.2 Å². The fraction of sp³-hybridized carbons (Fsp3) is 0.120. The number of hydrogen-bond acceptors (Lipinski definition) is 3. The summed E-state index contributed by atoms with van der Waals surface area (Å²) in [7, 11) is 0. The van der Waals surface area contributed by atoms with Crippen molar-refractivity contribution in [2.75, 3.05) is 11.5 Å². The number of halogens is 1. The minimum Gasteiger partial charge on any atom is -0.494 e. The van der Waals surface area contributed by atoms with Crippen molar-refractivity contribution in [2.24, 2.45) is 0 Å². The maximum absolute atomic E-state index is 13.5. The second-order valence-corrected chi connectivity index (χ2v) is 7.28. The number of hydrogen-bond donors (Lipinski definition) is 1. The lowest BCUT2D eigenvalue weighted by Crippen LogP contribution is -2.29. The number of para-hydroxylation sites is 1. The Morgan fingerprint density at radius 3 is 2.39 bits per heavy atom. The first-order chi connectivity index (χ1) is 15.2. The maximum atomic E-state index is 13.5. The molecule has 1 aliphatic rings. The second kappa shape index (κ2) is 7.72. The first-order valence-corrected chi connectivity index (χ1v) is 10.1. The van der Waals surface area contributed by atoms with Gasteiger partial charge in [0.2, 0.25) is 0 Å². The summed E-state index contributed by atoms with van der Waals surface area (Å²) in [5.41, 5.74) is 4.34. The molecular weight excluding hydrogens is 393 g/mol. The van der Waals surface area contributed by atoms with Crippen molar-refractivity contribution in [2.45, 2.75) is 13.0 Å². The van der Waals surface area contributed by atoms with Gasteiger partial charge in [-0.3, -0.25) is 14.8 Å². The van der Waals surface area contributed by atoms with E-state index in [0.717, 1.165) is 28.1 Å². The van der Waals surface area contributed by atoms with Gasteiger partial charge in [0.15, 0.2) is 0 Å². The van der Waals surface area contributed by atoms with Crippen LogP contribution in [0, 0.1) is 5.82 Å². The van der Waals surface area contributed by atoms with Gasteiger partial charge in [-0.1, -0.05) is 30.3 Å². The number of carbonyl (C=O) groups excluding carboxylic acids is 1. The van der Waals surface area contributed by atoms with E-state index < -0.39 is 0 Å². The molecule has 1 amide bonds. The zero-order chi connectivity index (χ0) is 21.4. The summed E-state index contributed by atoms with van der Waals surface area (Å²) < 4.78 is 19.1. The van der Waals surface area contributed by atoms with Crippen LogP contribution in [0.3, 0.4) is 0 Å². The summed E-state index contributed by atoms with van der Waals surface area (Å²) in [5, 5.41) is 7.34. The lowest BCUT2D eigenvalue weighted by Gasteiger charge is -2.26. The number of carbonyl (C=O) groups is 1. The first-order valence-electron chi connectivity index (χ1n) is 10.1. The van der Waals surface area contributed by atoms with Crippen LogP contribution in [0.15, 0.2) is 78.9 Å². The van der Waals surface area contributed by atoms with Crippen molar-refractivity contribution < 1.29 is 13.9 Å².